The predicted molar refractivity (Wildman–Crippen MR) is 157 cm³/mol. The molecule has 2 amide bonds. The molecule has 0 unspecified atom stereocenters. The molecule has 6 nitrogen and oxygen atoms in total. The van der Waals surface area contributed by atoms with Crippen molar-refractivity contribution in [3.05, 3.63) is 137 Å². The number of anilines is 2. The Morgan fingerprint density at radius 1 is 0.756 bits per heavy atom. The Balaban J connectivity index is 1.32. The molecular weight excluding hydrogens is 536 g/mol. The zero-order valence-electron chi connectivity index (χ0n) is 21.8. The first kappa shape index (κ1) is 25.3. The summed E-state index contributed by atoms with van der Waals surface area (Å²) in [5.41, 5.74) is 3.73. The van der Waals surface area contributed by atoms with Crippen LogP contribution in [0, 0.1) is 11.8 Å². The van der Waals surface area contributed by atoms with Crippen molar-refractivity contribution in [3.8, 4) is 0 Å². The van der Waals surface area contributed by atoms with Crippen LogP contribution >= 0.6 is 11.6 Å². The third kappa shape index (κ3) is 4.14. The van der Waals surface area contributed by atoms with Crippen molar-refractivity contribution in [1.29, 1.82) is 0 Å². The quantitative estimate of drug-likeness (QED) is 0.219. The second kappa shape index (κ2) is 10.1. The van der Waals surface area contributed by atoms with Crippen LogP contribution in [-0.4, -0.2) is 29.9 Å². The minimum Gasteiger partial charge on any atom is -0.451 e. The second-order valence-corrected chi connectivity index (χ2v) is 10.9. The van der Waals surface area contributed by atoms with Crippen molar-refractivity contribution < 1.29 is 19.1 Å². The van der Waals surface area contributed by atoms with Crippen molar-refractivity contribution in [1.82, 2.24) is 0 Å². The second-order valence-electron chi connectivity index (χ2n) is 10.4. The maximum absolute atomic E-state index is 14.4. The summed E-state index contributed by atoms with van der Waals surface area (Å²) >= 11 is 6.22. The van der Waals surface area contributed by atoms with Crippen molar-refractivity contribution in [2.45, 2.75) is 18.2 Å². The van der Waals surface area contributed by atoms with E-state index < -0.39 is 41.9 Å². The SMILES string of the molecule is O=C(OC(c1ccccc1)c1ccccc1)[C@H]1[C@@H]2C(=O)N(c3cccc(Cl)c3)C(=O)[C@@H]2[C@H]2C=Cc3ccccc3N21. The minimum atomic E-state index is -1.01. The first-order chi connectivity index (χ1) is 20.0. The summed E-state index contributed by atoms with van der Waals surface area (Å²) in [4.78, 5) is 45.5. The lowest BCUT2D eigenvalue weighted by Gasteiger charge is -2.36. The van der Waals surface area contributed by atoms with Crippen LogP contribution in [0.3, 0.4) is 0 Å². The summed E-state index contributed by atoms with van der Waals surface area (Å²) in [6, 6.07) is 31.9. The number of esters is 1. The van der Waals surface area contributed by atoms with Crippen LogP contribution in [0.4, 0.5) is 11.4 Å². The number of para-hydroxylation sites is 1. The van der Waals surface area contributed by atoms with E-state index >= 15 is 0 Å². The molecule has 4 atom stereocenters. The largest absolute Gasteiger partial charge is 0.451 e. The number of carbonyl (C=O) groups excluding carboxylic acids is 3. The Hall–Kier alpha value is -4.68. The molecule has 0 aliphatic carbocycles. The highest BCUT2D eigenvalue weighted by Crippen LogP contribution is 2.50. The van der Waals surface area contributed by atoms with Crippen molar-refractivity contribution in [2.24, 2.45) is 11.8 Å². The van der Waals surface area contributed by atoms with E-state index in [0.717, 1.165) is 22.4 Å². The van der Waals surface area contributed by atoms with E-state index in [2.05, 4.69) is 0 Å². The van der Waals surface area contributed by atoms with Gasteiger partial charge in [-0.1, -0.05) is 109 Å². The molecule has 7 rings (SSSR count). The highest BCUT2D eigenvalue weighted by atomic mass is 35.5. The lowest BCUT2D eigenvalue weighted by atomic mass is 9.88. The van der Waals surface area contributed by atoms with E-state index in [1.165, 1.54) is 4.90 Å². The van der Waals surface area contributed by atoms with Gasteiger partial charge in [0.25, 0.3) is 0 Å². The summed E-state index contributed by atoms with van der Waals surface area (Å²) in [7, 11) is 0. The summed E-state index contributed by atoms with van der Waals surface area (Å²) < 4.78 is 6.31. The van der Waals surface area contributed by atoms with Crippen LogP contribution in [-0.2, 0) is 19.1 Å². The summed E-state index contributed by atoms with van der Waals surface area (Å²) in [6.45, 7) is 0. The molecule has 2 saturated heterocycles. The molecule has 3 aliphatic heterocycles. The average molecular weight is 561 g/mol. The third-order valence-electron chi connectivity index (χ3n) is 8.16. The van der Waals surface area contributed by atoms with Crippen molar-refractivity contribution in [3.63, 3.8) is 0 Å². The van der Waals surface area contributed by atoms with Gasteiger partial charge < -0.3 is 9.64 Å². The molecule has 0 saturated carbocycles. The lowest BCUT2D eigenvalue weighted by molar-refractivity contribution is -0.151. The normalized spacial score (nSPS) is 22.5. The fraction of sp³-hybridized carbons (Fsp3) is 0.147. The van der Waals surface area contributed by atoms with Gasteiger partial charge >= 0.3 is 5.97 Å². The highest BCUT2D eigenvalue weighted by Gasteiger charge is 2.65. The van der Waals surface area contributed by atoms with E-state index in [1.807, 2.05) is 102 Å². The molecule has 3 aliphatic rings. The smallest absolute Gasteiger partial charge is 0.330 e. The summed E-state index contributed by atoms with van der Waals surface area (Å²) in [6.07, 6.45) is 3.19. The highest BCUT2D eigenvalue weighted by molar-refractivity contribution is 6.31. The molecule has 0 N–H and O–H groups in total. The summed E-state index contributed by atoms with van der Waals surface area (Å²) in [5, 5.41) is 0.415. The van der Waals surface area contributed by atoms with Crippen LogP contribution in [0.5, 0.6) is 0 Å². The lowest BCUT2D eigenvalue weighted by Crippen LogP contribution is -2.49. The summed E-state index contributed by atoms with van der Waals surface area (Å²) in [5.74, 6) is -3.02. The molecule has 41 heavy (non-hydrogen) atoms. The first-order valence-corrected chi connectivity index (χ1v) is 13.9. The number of hydrogen-bond donors (Lipinski definition) is 0. The Labute approximate surface area is 242 Å². The number of amides is 2. The number of fused-ring (bicyclic) bond motifs is 5. The molecule has 3 heterocycles. The maximum Gasteiger partial charge on any atom is 0.330 e. The van der Waals surface area contributed by atoms with Crippen molar-refractivity contribution in [2.75, 3.05) is 9.80 Å². The molecule has 4 aromatic carbocycles. The van der Waals surface area contributed by atoms with Gasteiger partial charge in [-0.25, -0.2) is 9.69 Å². The molecule has 202 valence electrons. The number of imide groups is 1. The number of rotatable bonds is 5. The van der Waals surface area contributed by atoms with E-state index in [9.17, 15) is 14.4 Å². The zero-order chi connectivity index (χ0) is 28.1. The number of ether oxygens (including phenoxy) is 1. The standard InChI is InChI=1S/C34H25ClN2O4/c35-24-15-9-16-25(20-24)36-32(38)28-27-19-18-21-10-7-8-17-26(21)37(27)30(29(28)33(36)39)34(40)41-31(22-11-3-1-4-12-22)23-13-5-2-6-14-23/h1-20,27-31H/t27-,28-,29-,30-/m1/s1. The topological polar surface area (TPSA) is 66.9 Å². The van der Waals surface area contributed by atoms with Gasteiger partial charge in [-0.2, -0.15) is 0 Å². The number of hydrogen-bond acceptors (Lipinski definition) is 5. The molecule has 0 aromatic heterocycles. The fourth-order valence-electron chi connectivity index (χ4n) is 6.42. The molecule has 0 spiro atoms. The van der Waals surface area contributed by atoms with E-state index in [0.29, 0.717) is 10.7 Å². The van der Waals surface area contributed by atoms with Crippen LogP contribution in [0.2, 0.25) is 5.02 Å². The molecule has 0 bridgehead atoms. The van der Waals surface area contributed by atoms with Gasteiger partial charge in [0.05, 0.1) is 23.6 Å². The van der Waals surface area contributed by atoms with Crippen LogP contribution in [0.15, 0.2) is 115 Å². The van der Waals surface area contributed by atoms with Gasteiger partial charge in [0.1, 0.15) is 6.04 Å². The Kier molecular flexibility index (Phi) is 6.20. The Morgan fingerprint density at radius 3 is 2.07 bits per heavy atom. The number of halogens is 1. The van der Waals surface area contributed by atoms with E-state index in [4.69, 9.17) is 16.3 Å². The van der Waals surface area contributed by atoms with Gasteiger partial charge in [0.15, 0.2) is 6.10 Å². The van der Waals surface area contributed by atoms with Crippen molar-refractivity contribution >= 4 is 46.8 Å². The number of nitrogens with zero attached hydrogens (tertiary/aromatic N) is 2. The van der Waals surface area contributed by atoms with Gasteiger partial charge in [-0.05, 0) is 41.0 Å². The first-order valence-electron chi connectivity index (χ1n) is 13.5. The predicted octanol–water partition coefficient (Wildman–Crippen LogP) is 6.06. The van der Waals surface area contributed by atoms with Gasteiger partial charge in [0, 0.05) is 10.7 Å². The maximum atomic E-state index is 14.4. The van der Waals surface area contributed by atoms with E-state index in [-0.39, 0.29) is 5.91 Å². The van der Waals surface area contributed by atoms with Crippen LogP contribution < -0.4 is 9.80 Å². The average Bonchev–Trinajstić information content (AvgIpc) is 3.49. The van der Waals surface area contributed by atoms with Crippen LogP contribution in [0.25, 0.3) is 6.08 Å². The van der Waals surface area contributed by atoms with E-state index in [1.54, 1.807) is 24.3 Å². The monoisotopic (exact) mass is 560 g/mol. The number of carbonyl (C=O) groups is 3. The molecule has 2 fully saturated rings. The Bertz CT molecular complexity index is 1650. The minimum absolute atomic E-state index is 0.348. The molecular formula is C34H25ClN2O4. The number of benzene rings is 4. The zero-order valence-corrected chi connectivity index (χ0v) is 22.6. The molecule has 0 radical (unpaired) electrons. The van der Waals surface area contributed by atoms with Gasteiger partial charge in [0.2, 0.25) is 11.8 Å². The third-order valence-corrected chi connectivity index (χ3v) is 8.40. The van der Waals surface area contributed by atoms with Crippen LogP contribution in [0.1, 0.15) is 22.8 Å². The molecule has 7 heteroatoms. The Morgan fingerprint density at radius 2 is 1.39 bits per heavy atom. The van der Waals surface area contributed by atoms with Gasteiger partial charge in [-0.3, -0.25) is 9.59 Å². The molecule has 4 aromatic rings. The fourth-order valence-corrected chi connectivity index (χ4v) is 6.61. The van der Waals surface area contributed by atoms with Gasteiger partial charge in [-0.15, -0.1) is 0 Å².